The average Bonchev–Trinajstić information content (AvgIpc) is 3.21. The maximum Gasteiger partial charge on any atom is 0.127 e. The second kappa shape index (κ2) is 5.44. The van der Waals surface area contributed by atoms with Gasteiger partial charge in [-0.2, -0.15) is 0 Å². The summed E-state index contributed by atoms with van der Waals surface area (Å²) in [5, 5.41) is 4.13. The van der Waals surface area contributed by atoms with Gasteiger partial charge in [0.25, 0.3) is 0 Å². The second-order valence-corrected chi connectivity index (χ2v) is 6.77. The summed E-state index contributed by atoms with van der Waals surface area (Å²) in [6.45, 7) is 4.08. The molecule has 0 radical (unpaired) electrons. The predicted octanol–water partition coefficient (Wildman–Crippen LogP) is 3.07. The van der Waals surface area contributed by atoms with Gasteiger partial charge in [-0.25, -0.2) is 4.98 Å². The molecule has 1 fully saturated rings. The highest BCUT2D eigenvalue weighted by Crippen LogP contribution is 2.34. The molecular weight excluding hydrogens is 294 g/mol. The quantitative estimate of drug-likeness (QED) is 0.745. The smallest absolute Gasteiger partial charge is 0.127 e. The van der Waals surface area contributed by atoms with Crippen molar-refractivity contribution >= 4 is 22.6 Å². The predicted molar refractivity (Wildman–Crippen MR) is 87.7 cm³/mol. The van der Waals surface area contributed by atoms with Gasteiger partial charge in [0, 0.05) is 13.6 Å². The van der Waals surface area contributed by atoms with Gasteiger partial charge in [-0.05, 0) is 50.0 Å². The molecule has 1 aliphatic rings. The van der Waals surface area contributed by atoms with Gasteiger partial charge in [-0.1, -0.05) is 16.6 Å². The van der Waals surface area contributed by atoms with Crippen molar-refractivity contribution in [3.05, 3.63) is 40.7 Å². The average molecular weight is 313 g/mol. The molecule has 1 saturated heterocycles. The maximum absolute atomic E-state index is 4.89. The zero-order valence-corrected chi connectivity index (χ0v) is 13.7. The van der Waals surface area contributed by atoms with Gasteiger partial charge in [0.15, 0.2) is 0 Å². The largest absolute Gasteiger partial charge is 0.330 e. The summed E-state index contributed by atoms with van der Waals surface area (Å²) in [6, 6.07) is 8.75. The lowest BCUT2D eigenvalue weighted by Gasteiger charge is -2.23. The van der Waals surface area contributed by atoms with Crippen molar-refractivity contribution in [2.75, 3.05) is 6.54 Å². The van der Waals surface area contributed by atoms with Gasteiger partial charge in [0.2, 0.25) is 0 Å². The zero-order valence-electron chi connectivity index (χ0n) is 12.9. The van der Waals surface area contributed by atoms with Crippen molar-refractivity contribution in [1.82, 2.24) is 24.0 Å². The first-order chi connectivity index (χ1) is 10.7. The number of imidazole rings is 1. The number of rotatable bonds is 3. The molecular formula is C16H19N5S. The molecule has 2 aromatic heterocycles. The van der Waals surface area contributed by atoms with E-state index >= 15 is 0 Å². The van der Waals surface area contributed by atoms with Gasteiger partial charge < -0.3 is 4.57 Å². The highest BCUT2D eigenvalue weighted by atomic mass is 32.1. The van der Waals surface area contributed by atoms with Gasteiger partial charge in [-0.3, -0.25) is 4.90 Å². The monoisotopic (exact) mass is 313 g/mol. The molecule has 0 N–H and O–H groups in total. The van der Waals surface area contributed by atoms with Crippen molar-refractivity contribution in [3.8, 4) is 0 Å². The van der Waals surface area contributed by atoms with Gasteiger partial charge in [0.05, 0.1) is 27.6 Å². The van der Waals surface area contributed by atoms with E-state index in [1.165, 1.54) is 40.6 Å². The number of hydrogen-bond acceptors (Lipinski definition) is 5. The van der Waals surface area contributed by atoms with Gasteiger partial charge >= 0.3 is 0 Å². The van der Waals surface area contributed by atoms with Crippen molar-refractivity contribution in [2.24, 2.45) is 7.05 Å². The number of hydrogen-bond donors (Lipinski definition) is 0. The molecule has 3 aromatic rings. The van der Waals surface area contributed by atoms with Crippen molar-refractivity contribution < 1.29 is 0 Å². The lowest BCUT2D eigenvalue weighted by atomic mass is 10.2. The standard InChI is InChI=1S/C16H19N5S/c1-11-15(22-19-18-11)10-21-9-5-8-14(21)16-17-12-6-3-4-7-13(12)20(16)2/h3-4,6-7,14H,5,8-10H2,1-2H3/t14-/m1/s1. The molecule has 5 nitrogen and oxygen atoms in total. The molecule has 0 amide bonds. The number of fused-ring (bicyclic) bond motifs is 1. The van der Waals surface area contributed by atoms with E-state index in [1.54, 1.807) is 0 Å². The topological polar surface area (TPSA) is 46.8 Å². The third kappa shape index (κ3) is 2.23. The van der Waals surface area contributed by atoms with Gasteiger partial charge in [0.1, 0.15) is 5.82 Å². The molecule has 22 heavy (non-hydrogen) atoms. The fraction of sp³-hybridized carbons (Fsp3) is 0.438. The molecule has 3 heterocycles. The molecule has 0 unspecified atom stereocenters. The first-order valence-electron chi connectivity index (χ1n) is 7.67. The fourth-order valence-corrected chi connectivity index (χ4v) is 4.01. The Morgan fingerprint density at radius 3 is 2.95 bits per heavy atom. The molecule has 0 aliphatic carbocycles. The Balaban J connectivity index is 1.67. The van der Waals surface area contributed by atoms with E-state index in [4.69, 9.17) is 4.98 Å². The van der Waals surface area contributed by atoms with Crippen LogP contribution in [0, 0.1) is 6.92 Å². The summed E-state index contributed by atoms with van der Waals surface area (Å²) < 4.78 is 6.30. The fourth-order valence-electron chi connectivity index (χ4n) is 3.35. The number of para-hydroxylation sites is 2. The van der Waals surface area contributed by atoms with Crippen molar-refractivity contribution in [2.45, 2.75) is 32.4 Å². The minimum atomic E-state index is 0.388. The number of likely N-dealkylation sites (tertiary alicyclic amines) is 1. The summed E-state index contributed by atoms with van der Waals surface area (Å²) in [5.41, 5.74) is 3.35. The van der Waals surface area contributed by atoms with E-state index in [9.17, 15) is 0 Å². The van der Waals surface area contributed by atoms with Crippen LogP contribution >= 0.6 is 11.5 Å². The van der Waals surface area contributed by atoms with E-state index in [1.807, 2.05) is 6.92 Å². The van der Waals surface area contributed by atoms with Crippen LogP contribution in [0.5, 0.6) is 0 Å². The highest BCUT2D eigenvalue weighted by Gasteiger charge is 2.30. The molecule has 4 rings (SSSR count). The third-order valence-corrected chi connectivity index (χ3v) is 5.38. The summed E-state index contributed by atoms with van der Waals surface area (Å²) in [6.07, 6.45) is 2.39. The van der Waals surface area contributed by atoms with Crippen LogP contribution in [0.1, 0.15) is 35.3 Å². The summed E-state index contributed by atoms with van der Waals surface area (Å²) in [5.74, 6) is 1.17. The Labute approximate surface area is 133 Å². The first-order valence-corrected chi connectivity index (χ1v) is 8.44. The highest BCUT2D eigenvalue weighted by molar-refractivity contribution is 7.05. The molecule has 0 bridgehead atoms. The Hall–Kier alpha value is -1.79. The van der Waals surface area contributed by atoms with Crippen LogP contribution in [0.3, 0.4) is 0 Å². The summed E-state index contributed by atoms with van der Waals surface area (Å²) in [4.78, 5) is 8.68. The minimum absolute atomic E-state index is 0.388. The van der Waals surface area contributed by atoms with Crippen LogP contribution in [0.4, 0.5) is 0 Å². The Morgan fingerprint density at radius 2 is 2.18 bits per heavy atom. The van der Waals surface area contributed by atoms with Crippen LogP contribution in [0.25, 0.3) is 11.0 Å². The van der Waals surface area contributed by atoms with Crippen LogP contribution in [0.15, 0.2) is 24.3 Å². The molecule has 1 aliphatic heterocycles. The number of benzene rings is 1. The minimum Gasteiger partial charge on any atom is -0.330 e. The number of nitrogens with zero attached hydrogens (tertiary/aromatic N) is 5. The molecule has 1 aromatic carbocycles. The normalized spacial score (nSPS) is 19.3. The maximum atomic E-state index is 4.89. The van der Waals surface area contributed by atoms with Crippen molar-refractivity contribution in [3.63, 3.8) is 0 Å². The van der Waals surface area contributed by atoms with Gasteiger partial charge in [-0.15, -0.1) is 5.10 Å². The third-order valence-electron chi connectivity index (χ3n) is 4.58. The van der Waals surface area contributed by atoms with E-state index < -0.39 is 0 Å². The number of aromatic nitrogens is 4. The van der Waals surface area contributed by atoms with E-state index in [0.29, 0.717) is 6.04 Å². The molecule has 114 valence electrons. The van der Waals surface area contributed by atoms with Crippen LogP contribution in [-0.4, -0.2) is 30.6 Å². The summed E-state index contributed by atoms with van der Waals surface area (Å²) >= 11 is 1.51. The first kappa shape index (κ1) is 13.8. The van der Waals surface area contributed by atoms with Crippen LogP contribution in [0.2, 0.25) is 0 Å². The van der Waals surface area contributed by atoms with Crippen molar-refractivity contribution in [1.29, 1.82) is 0 Å². The Morgan fingerprint density at radius 1 is 1.32 bits per heavy atom. The van der Waals surface area contributed by atoms with E-state index in [0.717, 1.165) is 24.3 Å². The molecule has 0 spiro atoms. The lowest BCUT2D eigenvalue weighted by molar-refractivity contribution is 0.238. The Kier molecular flexibility index (Phi) is 3.43. The van der Waals surface area contributed by atoms with E-state index in [-0.39, 0.29) is 0 Å². The Bertz CT molecular complexity index is 806. The lowest BCUT2D eigenvalue weighted by Crippen LogP contribution is -2.24. The van der Waals surface area contributed by atoms with E-state index in [2.05, 4.69) is 50.4 Å². The summed E-state index contributed by atoms with van der Waals surface area (Å²) in [7, 11) is 2.13. The molecule has 0 saturated carbocycles. The van der Waals surface area contributed by atoms with Crippen LogP contribution < -0.4 is 0 Å². The SMILES string of the molecule is Cc1nnsc1CN1CCC[C@@H]1c1nc2ccccc2n1C. The number of aryl methyl sites for hydroxylation is 2. The second-order valence-electron chi connectivity index (χ2n) is 5.93. The zero-order chi connectivity index (χ0) is 15.1. The molecule has 6 heteroatoms. The molecule has 1 atom stereocenters. The van der Waals surface area contributed by atoms with Crippen LogP contribution in [-0.2, 0) is 13.6 Å².